The maximum Gasteiger partial charge on any atom is 0.191 e. The van der Waals surface area contributed by atoms with Crippen molar-refractivity contribution in [3.8, 4) is 0 Å². The lowest BCUT2D eigenvalue weighted by Gasteiger charge is -2.03. The van der Waals surface area contributed by atoms with Crippen molar-refractivity contribution in [2.75, 3.05) is 18.1 Å². The van der Waals surface area contributed by atoms with E-state index in [2.05, 4.69) is 4.99 Å². The monoisotopic (exact) mass is 175 g/mol. The summed E-state index contributed by atoms with van der Waals surface area (Å²) in [6.07, 6.45) is 2.92. The zero-order valence-electron chi connectivity index (χ0n) is 6.08. The molecule has 0 aromatic heterocycles. The molecule has 0 saturated carbocycles. The highest BCUT2D eigenvalue weighted by molar-refractivity contribution is 7.92. The summed E-state index contributed by atoms with van der Waals surface area (Å²) in [7, 11) is -2.86. The Bertz CT molecular complexity index is 290. The maximum atomic E-state index is 11.0. The first-order valence-corrected chi connectivity index (χ1v) is 5.14. The summed E-state index contributed by atoms with van der Waals surface area (Å²) >= 11 is 0. The van der Waals surface area contributed by atoms with Crippen LogP contribution in [0.15, 0.2) is 12.3 Å². The van der Waals surface area contributed by atoms with E-state index in [0.717, 1.165) is 0 Å². The first kappa shape index (κ1) is 8.26. The number of nitrogens with two attached hydrogens (primary N) is 1. The molecule has 1 aliphatic heterocycles. The molecule has 4 nitrogen and oxygen atoms in total. The predicted octanol–water partition coefficient (Wildman–Crippen LogP) is -2.59. The average Bonchev–Trinajstić information content (AvgIpc) is 1.85. The van der Waals surface area contributed by atoms with E-state index in [0.29, 0.717) is 12.3 Å². The minimum Gasteiger partial charge on any atom is -0.404 e. The van der Waals surface area contributed by atoms with Gasteiger partial charge in [-0.3, -0.25) is 0 Å². The Morgan fingerprint density at radius 3 is 2.82 bits per heavy atom. The zero-order chi connectivity index (χ0) is 8.32. The quantitative estimate of drug-likeness (QED) is 0.459. The molecule has 5 heteroatoms. The van der Waals surface area contributed by atoms with E-state index in [4.69, 9.17) is 5.73 Å². The third kappa shape index (κ3) is 2.34. The van der Waals surface area contributed by atoms with Crippen LogP contribution in [-0.2, 0) is 9.84 Å². The van der Waals surface area contributed by atoms with Gasteiger partial charge in [0.1, 0.15) is 11.5 Å². The molecule has 1 rings (SSSR count). The smallest absolute Gasteiger partial charge is 0.191 e. The van der Waals surface area contributed by atoms with Crippen molar-refractivity contribution in [3.63, 3.8) is 0 Å². The first-order chi connectivity index (χ1) is 5.14. The van der Waals surface area contributed by atoms with Crippen LogP contribution in [0.2, 0.25) is 0 Å². The Morgan fingerprint density at radius 1 is 1.55 bits per heavy atom. The second kappa shape index (κ2) is 3.04. The van der Waals surface area contributed by atoms with Gasteiger partial charge in [-0.15, -0.1) is 0 Å². The van der Waals surface area contributed by atoms with E-state index in [9.17, 15) is 8.42 Å². The predicted molar refractivity (Wildman–Crippen MR) is 42.8 cm³/mol. The van der Waals surface area contributed by atoms with E-state index in [1.807, 2.05) is 0 Å². The van der Waals surface area contributed by atoms with Gasteiger partial charge in [-0.1, -0.05) is 0 Å². The fraction of sp³-hybridized carbons (Fsp3) is 0.500. The summed E-state index contributed by atoms with van der Waals surface area (Å²) in [5.74, 6) is 0.301. The Morgan fingerprint density at radius 2 is 2.27 bits per heavy atom. The Kier molecular flexibility index (Phi) is 2.28. The zero-order valence-corrected chi connectivity index (χ0v) is 6.89. The normalized spacial score (nSPS) is 23.5. The Hall–Kier alpha value is -0.840. The average molecular weight is 175 g/mol. The molecule has 0 bridgehead atoms. The Labute approximate surface area is 65.7 Å². The lowest BCUT2D eigenvalue weighted by atomic mass is 10.4. The van der Waals surface area contributed by atoms with Crippen molar-refractivity contribution >= 4 is 15.5 Å². The van der Waals surface area contributed by atoms with Crippen LogP contribution in [0.4, 0.5) is 0 Å². The van der Waals surface area contributed by atoms with Gasteiger partial charge in [0.25, 0.3) is 0 Å². The highest BCUT2D eigenvalue weighted by Gasteiger charge is 2.22. The minimum absolute atomic E-state index is 0.0840. The fourth-order valence-corrected chi connectivity index (χ4v) is 2.18. The van der Waals surface area contributed by atoms with E-state index < -0.39 is 9.84 Å². The van der Waals surface area contributed by atoms with Crippen LogP contribution < -0.4 is 10.7 Å². The minimum atomic E-state index is -2.86. The fourth-order valence-electron chi connectivity index (χ4n) is 0.950. The molecule has 0 atom stereocenters. The summed E-state index contributed by atoms with van der Waals surface area (Å²) in [6, 6.07) is 0. The van der Waals surface area contributed by atoms with E-state index in [1.54, 1.807) is 6.08 Å². The van der Waals surface area contributed by atoms with Gasteiger partial charge in [0.2, 0.25) is 0 Å². The molecule has 3 N–H and O–H groups in total. The van der Waals surface area contributed by atoms with Gasteiger partial charge in [0, 0.05) is 12.3 Å². The van der Waals surface area contributed by atoms with Crippen molar-refractivity contribution in [2.24, 2.45) is 5.73 Å². The molecule has 0 spiro atoms. The van der Waals surface area contributed by atoms with Crippen LogP contribution in [0.5, 0.6) is 0 Å². The number of allylic oxidation sites excluding steroid dienone is 1. The molecule has 1 heterocycles. The molecule has 0 amide bonds. The van der Waals surface area contributed by atoms with Gasteiger partial charge in [0.05, 0.1) is 0 Å². The molecule has 11 heavy (non-hydrogen) atoms. The molecule has 1 aliphatic rings. The highest BCUT2D eigenvalue weighted by Crippen LogP contribution is 1.91. The van der Waals surface area contributed by atoms with Gasteiger partial charge < -0.3 is 5.73 Å². The van der Waals surface area contributed by atoms with Crippen LogP contribution in [0.1, 0.15) is 0 Å². The molecule has 0 radical (unpaired) electrons. The molecule has 0 fully saturated rings. The van der Waals surface area contributed by atoms with E-state index >= 15 is 0 Å². The van der Waals surface area contributed by atoms with Gasteiger partial charge in [0.15, 0.2) is 22.1 Å². The molecular formula is C6H11N2O2S+. The molecular weight excluding hydrogens is 164 g/mol. The molecule has 0 saturated heterocycles. The second-order valence-electron chi connectivity index (χ2n) is 2.40. The van der Waals surface area contributed by atoms with Gasteiger partial charge >= 0.3 is 0 Å². The van der Waals surface area contributed by atoms with Gasteiger partial charge in [-0.05, 0) is 0 Å². The SMILES string of the molecule is NC=CC1=[NH+]CCS(=O)(=O)C1. The maximum absolute atomic E-state index is 11.0. The third-order valence-electron chi connectivity index (χ3n) is 1.44. The first-order valence-electron chi connectivity index (χ1n) is 3.32. The van der Waals surface area contributed by atoms with Crippen molar-refractivity contribution < 1.29 is 13.4 Å². The number of rotatable bonds is 1. The van der Waals surface area contributed by atoms with Crippen LogP contribution in [0, 0.1) is 0 Å². The molecule has 0 aromatic rings. The second-order valence-corrected chi connectivity index (χ2v) is 4.59. The molecule has 0 unspecified atom stereocenters. The lowest BCUT2D eigenvalue weighted by molar-refractivity contribution is -0.451. The van der Waals surface area contributed by atoms with Crippen molar-refractivity contribution in [1.82, 2.24) is 0 Å². The molecule has 0 aromatic carbocycles. The number of hydrogen-bond acceptors (Lipinski definition) is 3. The Balaban J connectivity index is 2.79. The van der Waals surface area contributed by atoms with Crippen LogP contribution in [-0.4, -0.2) is 32.2 Å². The van der Waals surface area contributed by atoms with Crippen molar-refractivity contribution in [1.29, 1.82) is 0 Å². The number of hydrogen-bond donors (Lipinski definition) is 2. The van der Waals surface area contributed by atoms with Gasteiger partial charge in [-0.2, -0.15) is 0 Å². The van der Waals surface area contributed by atoms with Crippen molar-refractivity contribution in [3.05, 3.63) is 12.3 Å². The molecule has 0 aliphatic carbocycles. The van der Waals surface area contributed by atoms with Gasteiger partial charge in [-0.25, -0.2) is 13.4 Å². The van der Waals surface area contributed by atoms with E-state index in [-0.39, 0.29) is 11.5 Å². The van der Waals surface area contributed by atoms with Crippen molar-refractivity contribution in [2.45, 2.75) is 0 Å². The van der Waals surface area contributed by atoms with E-state index in [1.165, 1.54) is 6.20 Å². The summed E-state index contributed by atoms with van der Waals surface area (Å²) < 4.78 is 22.0. The number of nitrogens with one attached hydrogen (secondary N) is 1. The largest absolute Gasteiger partial charge is 0.404 e. The lowest BCUT2D eigenvalue weighted by Crippen LogP contribution is -2.77. The summed E-state index contributed by atoms with van der Waals surface area (Å²) in [5.41, 5.74) is 5.79. The third-order valence-corrected chi connectivity index (χ3v) is 3.01. The summed E-state index contributed by atoms with van der Waals surface area (Å²) in [6.45, 7) is 0.488. The summed E-state index contributed by atoms with van der Waals surface area (Å²) in [5, 5.41) is 0. The van der Waals surface area contributed by atoms with Crippen LogP contribution in [0.3, 0.4) is 0 Å². The van der Waals surface area contributed by atoms with Crippen LogP contribution in [0.25, 0.3) is 0 Å². The highest BCUT2D eigenvalue weighted by atomic mass is 32.2. The topological polar surface area (TPSA) is 74.1 Å². The number of sulfone groups is 1. The summed E-state index contributed by atoms with van der Waals surface area (Å²) in [4.78, 5) is 2.95. The standard InChI is InChI=1S/C6H10N2O2S/c7-2-1-6-5-11(9,10)4-3-8-6/h1-2H,3-5,7H2/p+1. The van der Waals surface area contributed by atoms with Crippen LogP contribution >= 0.6 is 0 Å². The molecule has 62 valence electrons.